The van der Waals surface area contributed by atoms with E-state index < -0.39 is 11.6 Å². The second-order valence-corrected chi connectivity index (χ2v) is 4.17. The minimum Gasteiger partial charge on any atom is -0.492 e. The van der Waals surface area contributed by atoms with E-state index in [1.165, 1.54) is 0 Å². The van der Waals surface area contributed by atoms with Crippen LogP contribution in [0.2, 0.25) is 0 Å². The molecule has 0 aliphatic rings. The highest BCUT2D eigenvalue weighted by atomic mass is 19.1. The zero-order valence-corrected chi connectivity index (χ0v) is 11.3. The lowest BCUT2D eigenvalue weighted by molar-refractivity contribution is 0.132. The molecule has 0 spiro atoms. The molecular weight excluding hydrogens is 252 g/mol. The lowest BCUT2D eigenvalue weighted by atomic mass is 10.3. The maximum atomic E-state index is 12.9. The highest BCUT2D eigenvalue weighted by Gasteiger charge is 2.00. The van der Waals surface area contributed by atoms with Crippen LogP contribution in [0.1, 0.15) is 19.8 Å². The number of hydrogen-bond acceptors (Lipinski definition) is 3. The van der Waals surface area contributed by atoms with Crippen molar-refractivity contribution in [3.63, 3.8) is 0 Å². The van der Waals surface area contributed by atoms with Gasteiger partial charge in [0.25, 0.3) is 0 Å². The Labute approximate surface area is 112 Å². The van der Waals surface area contributed by atoms with Crippen LogP contribution in [0.15, 0.2) is 18.2 Å². The van der Waals surface area contributed by atoms with Crippen molar-refractivity contribution >= 4 is 0 Å². The molecule has 0 atom stereocenters. The third-order valence-electron chi connectivity index (χ3n) is 2.45. The molecule has 0 aliphatic carbocycles. The van der Waals surface area contributed by atoms with Crippen LogP contribution in [0.3, 0.4) is 0 Å². The van der Waals surface area contributed by atoms with Gasteiger partial charge in [0.05, 0.1) is 6.61 Å². The molecule has 0 saturated carbocycles. The number of halogens is 2. The van der Waals surface area contributed by atoms with E-state index in [9.17, 15) is 8.78 Å². The third kappa shape index (κ3) is 7.74. The predicted molar refractivity (Wildman–Crippen MR) is 70.4 cm³/mol. The maximum absolute atomic E-state index is 12.9. The van der Waals surface area contributed by atoms with Crippen LogP contribution >= 0.6 is 0 Å². The first-order chi connectivity index (χ1) is 9.22. The van der Waals surface area contributed by atoms with Crippen LogP contribution in [-0.4, -0.2) is 32.9 Å². The number of unbranched alkanes of at least 4 members (excludes halogenated alkanes) is 1. The van der Waals surface area contributed by atoms with Crippen molar-refractivity contribution in [1.82, 2.24) is 5.32 Å². The first-order valence-corrected chi connectivity index (χ1v) is 6.59. The van der Waals surface area contributed by atoms with E-state index in [4.69, 9.17) is 9.47 Å². The number of ether oxygens (including phenoxy) is 2. The highest BCUT2D eigenvalue weighted by Crippen LogP contribution is 2.14. The van der Waals surface area contributed by atoms with Gasteiger partial charge in [0, 0.05) is 37.9 Å². The molecular formula is C14H21F2NO2. The Kier molecular flexibility index (Phi) is 8.09. The standard InChI is InChI=1S/C14H21F2NO2/c1-2-3-6-18-7-4-17-5-8-19-14-10-12(15)9-13(16)11-14/h9-11,17H,2-8H2,1H3. The smallest absolute Gasteiger partial charge is 0.129 e. The molecule has 1 aromatic carbocycles. The second-order valence-electron chi connectivity index (χ2n) is 4.17. The fourth-order valence-electron chi connectivity index (χ4n) is 1.47. The third-order valence-corrected chi connectivity index (χ3v) is 2.45. The van der Waals surface area contributed by atoms with Gasteiger partial charge in [-0.1, -0.05) is 13.3 Å². The van der Waals surface area contributed by atoms with Crippen molar-refractivity contribution < 1.29 is 18.3 Å². The Bertz CT molecular complexity index is 341. The summed E-state index contributed by atoms with van der Waals surface area (Å²) in [6.07, 6.45) is 2.21. The van der Waals surface area contributed by atoms with Crippen molar-refractivity contribution in [2.75, 3.05) is 32.9 Å². The zero-order chi connectivity index (χ0) is 13.9. The van der Waals surface area contributed by atoms with Crippen LogP contribution in [0.5, 0.6) is 5.75 Å². The van der Waals surface area contributed by atoms with Gasteiger partial charge in [-0.05, 0) is 6.42 Å². The van der Waals surface area contributed by atoms with Crippen LogP contribution in [-0.2, 0) is 4.74 Å². The predicted octanol–water partition coefficient (Wildman–Crippen LogP) is 2.75. The highest BCUT2D eigenvalue weighted by molar-refractivity contribution is 5.23. The van der Waals surface area contributed by atoms with E-state index in [0.717, 1.165) is 44.2 Å². The van der Waals surface area contributed by atoms with Crippen molar-refractivity contribution in [2.45, 2.75) is 19.8 Å². The topological polar surface area (TPSA) is 30.5 Å². The van der Waals surface area contributed by atoms with Crippen LogP contribution in [0.25, 0.3) is 0 Å². The van der Waals surface area contributed by atoms with Crippen molar-refractivity contribution in [3.05, 3.63) is 29.8 Å². The van der Waals surface area contributed by atoms with Crippen molar-refractivity contribution in [1.29, 1.82) is 0 Å². The van der Waals surface area contributed by atoms with E-state index >= 15 is 0 Å². The van der Waals surface area contributed by atoms with Crippen LogP contribution < -0.4 is 10.1 Å². The summed E-state index contributed by atoms with van der Waals surface area (Å²) in [6.45, 7) is 5.28. The molecule has 0 heterocycles. The number of nitrogens with one attached hydrogen (secondary N) is 1. The Morgan fingerprint density at radius 3 is 2.37 bits per heavy atom. The summed E-state index contributed by atoms with van der Waals surface area (Å²) in [4.78, 5) is 0. The van der Waals surface area contributed by atoms with Crippen LogP contribution in [0.4, 0.5) is 8.78 Å². The lowest BCUT2D eigenvalue weighted by Gasteiger charge is -2.08. The summed E-state index contributed by atoms with van der Waals surface area (Å²) in [5.41, 5.74) is 0. The van der Waals surface area contributed by atoms with Gasteiger partial charge in [0.15, 0.2) is 0 Å². The normalized spacial score (nSPS) is 10.7. The van der Waals surface area contributed by atoms with E-state index in [1.54, 1.807) is 0 Å². The molecule has 0 aliphatic heterocycles. The van der Waals surface area contributed by atoms with Gasteiger partial charge < -0.3 is 14.8 Å². The van der Waals surface area contributed by atoms with Gasteiger partial charge in [-0.15, -0.1) is 0 Å². The molecule has 1 rings (SSSR count). The van der Waals surface area contributed by atoms with E-state index in [2.05, 4.69) is 12.2 Å². The molecule has 5 heteroatoms. The largest absolute Gasteiger partial charge is 0.492 e. The Balaban J connectivity index is 2.01. The average Bonchev–Trinajstić information content (AvgIpc) is 2.36. The van der Waals surface area contributed by atoms with E-state index in [1.807, 2.05) is 0 Å². The first kappa shape index (κ1) is 15.9. The number of benzene rings is 1. The summed E-state index contributed by atoms with van der Waals surface area (Å²) in [5, 5.41) is 3.12. The number of hydrogen-bond donors (Lipinski definition) is 1. The Morgan fingerprint density at radius 1 is 1.00 bits per heavy atom. The summed E-state index contributed by atoms with van der Waals surface area (Å²) < 4.78 is 36.3. The molecule has 108 valence electrons. The molecule has 0 saturated heterocycles. The number of rotatable bonds is 10. The second kappa shape index (κ2) is 9.69. The van der Waals surface area contributed by atoms with Crippen molar-refractivity contribution in [3.8, 4) is 5.75 Å². The van der Waals surface area contributed by atoms with E-state index in [0.29, 0.717) is 19.8 Å². The molecule has 0 aromatic heterocycles. The molecule has 0 radical (unpaired) electrons. The van der Waals surface area contributed by atoms with Gasteiger partial charge in [-0.25, -0.2) is 8.78 Å². The van der Waals surface area contributed by atoms with Gasteiger partial charge in [0.2, 0.25) is 0 Å². The lowest BCUT2D eigenvalue weighted by Crippen LogP contribution is -2.25. The maximum Gasteiger partial charge on any atom is 0.129 e. The van der Waals surface area contributed by atoms with Gasteiger partial charge in [0.1, 0.15) is 24.0 Å². The van der Waals surface area contributed by atoms with E-state index in [-0.39, 0.29) is 5.75 Å². The van der Waals surface area contributed by atoms with Crippen LogP contribution in [0, 0.1) is 11.6 Å². The summed E-state index contributed by atoms with van der Waals surface area (Å²) in [5.74, 6) is -1.06. The molecule has 0 amide bonds. The minimum absolute atomic E-state index is 0.207. The summed E-state index contributed by atoms with van der Waals surface area (Å²) in [6, 6.07) is 3.15. The minimum atomic E-state index is -0.632. The molecule has 0 fully saturated rings. The quantitative estimate of drug-likeness (QED) is 0.665. The zero-order valence-electron chi connectivity index (χ0n) is 11.3. The fourth-order valence-corrected chi connectivity index (χ4v) is 1.47. The summed E-state index contributed by atoms with van der Waals surface area (Å²) >= 11 is 0. The molecule has 1 aromatic rings. The molecule has 1 N–H and O–H groups in total. The average molecular weight is 273 g/mol. The molecule has 0 bridgehead atoms. The monoisotopic (exact) mass is 273 g/mol. The van der Waals surface area contributed by atoms with Gasteiger partial charge in [-0.3, -0.25) is 0 Å². The Hall–Kier alpha value is -1.20. The van der Waals surface area contributed by atoms with Crippen molar-refractivity contribution in [2.24, 2.45) is 0 Å². The van der Waals surface area contributed by atoms with Gasteiger partial charge >= 0.3 is 0 Å². The SMILES string of the molecule is CCCCOCCNCCOc1cc(F)cc(F)c1. The fraction of sp³-hybridized carbons (Fsp3) is 0.571. The van der Waals surface area contributed by atoms with Gasteiger partial charge in [-0.2, -0.15) is 0 Å². The summed E-state index contributed by atoms with van der Waals surface area (Å²) in [7, 11) is 0. The first-order valence-electron chi connectivity index (χ1n) is 6.59. The molecule has 3 nitrogen and oxygen atoms in total. The molecule has 19 heavy (non-hydrogen) atoms. The molecule has 0 unspecified atom stereocenters. The Morgan fingerprint density at radius 2 is 1.68 bits per heavy atom.